The summed E-state index contributed by atoms with van der Waals surface area (Å²) in [5, 5.41) is 27.4. The highest BCUT2D eigenvalue weighted by molar-refractivity contribution is 6.05. The summed E-state index contributed by atoms with van der Waals surface area (Å²) < 4.78 is 0. The van der Waals surface area contributed by atoms with Gasteiger partial charge in [-0.2, -0.15) is 5.10 Å². The lowest BCUT2D eigenvalue weighted by Gasteiger charge is -2.12. The third-order valence-electron chi connectivity index (χ3n) is 4.86. The molecule has 0 aliphatic heterocycles. The number of amides is 2. The van der Waals surface area contributed by atoms with Gasteiger partial charge in [0.05, 0.1) is 11.1 Å². The van der Waals surface area contributed by atoms with Crippen molar-refractivity contribution in [2.24, 2.45) is 5.10 Å². The molecule has 3 aromatic carbocycles. The Kier molecular flexibility index (Phi) is 7.91. The van der Waals surface area contributed by atoms with Crippen LogP contribution in [0.15, 0.2) is 83.6 Å². The lowest BCUT2D eigenvalue weighted by molar-refractivity contribution is -0.385. The molecule has 0 spiro atoms. The molecule has 2 amide bonds. The summed E-state index contributed by atoms with van der Waals surface area (Å²) in [7, 11) is 3.81. The maximum Gasteiger partial charge on any atom is 0.311 e. The molecule has 0 atom stereocenters. The fourth-order valence-corrected chi connectivity index (χ4v) is 3.00. The first-order chi connectivity index (χ1) is 16.8. The van der Waals surface area contributed by atoms with Crippen molar-refractivity contribution in [1.82, 2.24) is 10.7 Å². The van der Waals surface area contributed by atoms with E-state index in [0.717, 1.165) is 18.0 Å². The lowest BCUT2D eigenvalue weighted by Crippen LogP contribution is -2.32. The Morgan fingerprint density at radius 2 is 1.69 bits per heavy atom. The van der Waals surface area contributed by atoms with E-state index in [1.807, 2.05) is 31.1 Å². The van der Waals surface area contributed by atoms with Crippen molar-refractivity contribution in [2.45, 2.75) is 0 Å². The zero-order valence-corrected chi connectivity index (χ0v) is 19.0. The average Bonchev–Trinajstić information content (AvgIpc) is 2.85. The minimum atomic E-state index is -0.730. The van der Waals surface area contributed by atoms with E-state index in [0.29, 0.717) is 11.1 Å². The zero-order chi connectivity index (χ0) is 25.4. The Bertz CT molecular complexity index is 1290. The Labute approximate surface area is 201 Å². The molecular weight excluding hydrogens is 450 g/mol. The maximum absolute atomic E-state index is 12.9. The van der Waals surface area contributed by atoms with E-state index < -0.39 is 28.2 Å². The smallest absolute Gasteiger partial charge is 0.311 e. The molecule has 10 nitrogen and oxygen atoms in total. The summed E-state index contributed by atoms with van der Waals surface area (Å²) in [6.07, 6.45) is 2.57. The Morgan fingerprint density at radius 1 is 1.00 bits per heavy atom. The van der Waals surface area contributed by atoms with Gasteiger partial charge in [-0.05, 0) is 42.0 Å². The number of nitro benzene ring substituents is 1. The van der Waals surface area contributed by atoms with Crippen LogP contribution in [0.4, 0.5) is 11.4 Å². The molecule has 0 bridgehead atoms. The fourth-order valence-electron chi connectivity index (χ4n) is 3.00. The second kappa shape index (κ2) is 11.2. The number of benzene rings is 3. The summed E-state index contributed by atoms with van der Waals surface area (Å²) in [5.74, 6) is -1.80. The number of hydrogen-bond acceptors (Lipinski definition) is 7. The van der Waals surface area contributed by atoms with E-state index in [1.54, 1.807) is 42.5 Å². The third-order valence-corrected chi connectivity index (χ3v) is 4.86. The number of hydrazone groups is 1. The van der Waals surface area contributed by atoms with Crippen molar-refractivity contribution in [3.63, 3.8) is 0 Å². The van der Waals surface area contributed by atoms with Crippen LogP contribution in [-0.2, 0) is 4.79 Å². The van der Waals surface area contributed by atoms with Gasteiger partial charge >= 0.3 is 5.69 Å². The Morgan fingerprint density at radius 3 is 2.31 bits per heavy atom. The standard InChI is InChI=1S/C25H23N5O5/c1-29(2)20-13-11-17(12-14-20)15-21(27-24(32)18-7-4-3-5-8-18)25(33)28-26-16-19-9-6-10-22(23(19)31)30(34)35/h3-16,31H,1-2H3,(H,27,32)(H,28,33)/b21-15-,26-16-. The van der Waals surface area contributed by atoms with Crippen molar-refractivity contribution in [2.75, 3.05) is 19.0 Å². The number of nitro groups is 1. The second-order valence-electron chi connectivity index (χ2n) is 7.54. The largest absolute Gasteiger partial charge is 0.502 e. The second-order valence-corrected chi connectivity index (χ2v) is 7.54. The number of hydrogen-bond donors (Lipinski definition) is 3. The number of rotatable bonds is 8. The molecule has 0 unspecified atom stereocenters. The number of anilines is 1. The molecule has 0 aliphatic rings. The van der Waals surface area contributed by atoms with Crippen LogP contribution in [0.5, 0.6) is 5.75 Å². The number of nitrogens with zero attached hydrogens (tertiary/aromatic N) is 3. The van der Waals surface area contributed by atoms with Crippen LogP contribution in [0.3, 0.4) is 0 Å². The fraction of sp³-hybridized carbons (Fsp3) is 0.0800. The highest BCUT2D eigenvalue weighted by Gasteiger charge is 2.16. The van der Waals surface area contributed by atoms with Crippen LogP contribution in [0.25, 0.3) is 6.08 Å². The van der Waals surface area contributed by atoms with Crippen LogP contribution < -0.4 is 15.6 Å². The number of carbonyl (C=O) groups excluding carboxylic acids is 2. The van der Waals surface area contributed by atoms with Gasteiger partial charge in [0.2, 0.25) is 5.75 Å². The lowest BCUT2D eigenvalue weighted by atomic mass is 10.1. The minimum Gasteiger partial charge on any atom is -0.502 e. The summed E-state index contributed by atoms with van der Waals surface area (Å²) >= 11 is 0. The van der Waals surface area contributed by atoms with Gasteiger partial charge in [-0.15, -0.1) is 0 Å². The monoisotopic (exact) mass is 473 g/mol. The van der Waals surface area contributed by atoms with Crippen LogP contribution in [-0.4, -0.2) is 42.2 Å². The van der Waals surface area contributed by atoms with Gasteiger partial charge in [0.15, 0.2) is 0 Å². The highest BCUT2D eigenvalue weighted by atomic mass is 16.6. The Balaban J connectivity index is 1.84. The summed E-state index contributed by atoms with van der Waals surface area (Å²) in [5.41, 5.74) is 3.73. The van der Waals surface area contributed by atoms with Gasteiger partial charge in [-0.3, -0.25) is 19.7 Å². The molecule has 3 aromatic rings. The minimum absolute atomic E-state index is 0.0395. The summed E-state index contributed by atoms with van der Waals surface area (Å²) in [6.45, 7) is 0. The van der Waals surface area contributed by atoms with Crippen molar-refractivity contribution >= 4 is 35.5 Å². The van der Waals surface area contributed by atoms with Gasteiger partial charge in [-0.25, -0.2) is 5.43 Å². The quantitative estimate of drug-likeness (QED) is 0.199. The first-order valence-corrected chi connectivity index (χ1v) is 10.4. The predicted molar refractivity (Wildman–Crippen MR) is 133 cm³/mol. The molecular formula is C25H23N5O5. The number of carbonyl (C=O) groups is 2. The van der Waals surface area contributed by atoms with Gasteiger partial charge in [0.25, 0.3) is 11.8 Å². The number of phenolic OH excluding ortho intramolecular Hbond substituents is 1. The molecule has 0 radical (unpaired) electrons. The van der Waals surface area contributed by atoms with E-state index >= 15 is 0 Å². The van der Waals surface area contributed by atoms with Crippen molar-refractivity contribution in [3.8, 4) is 5.75 Å². The van der Waals surface area contributed by atoms with Gasteiger partial charge in [0.1, 0.15) is 5.70 Å². The van der Waals surface area contributed by atoms with Crippen molar-refractivity contribution in [3.05, 3.63) is 105 Å². The Hall–Kier alpha value is -4.99. The first kappa shape index (κ1) is 24.6. The molecule has 0 heterocycles. The maximum atomic E-state index is 12.9. The molecule has 0 saturated carbocycles. The molecule has 35 heavy (non-hydrogen) atoms. The number of aromatic hydroxyl groups is 1. The van der Waals surface area contributed by atoms with Gasteiger partial charge in [-0.1, -0.05) is 36.4 Å². The first-order valence-electron chi connectivity index (χ1n) is 10.4. The van der Waals surface area contributed by atoms with Gasteiger partial charge < -0.3 is 15.3 Å². The van der Waals surface area contributed by atoms with Crippen LogP contribution in [0.1, 0.15) is 21.5 Å². The summed E-state index contributed by atoms with van der Waals surface area (Å²) in [4.78, 5) is 37.7. The van der Waals surface area contributed by atoms with E-state index in [9.17, 15) is 24.8 Å². The number of nitrogens with one attached hydrogen (secondary N) is 2. The van der Waals surface area contributed by atoms with Crippen molar-refractivity contribution < 1.29 is 19.6 Å². The molecule has 0 saturated heterocycles. The number of para-hydroxylation sites is 1. The van der Waals surface area contributed by atoms with E-state index in [1.165, 1.54) is 18.2 Å². The molecule has 178 valence electrons. The van der Waals surface area contributed by atoms with Gasteiger partial charge in [0, 0.05) is 37.0 Å². The van der Waals surface area contributed by atoms with E-state index in [2.05, 4.69) is 15.8 Å². The van der Waals surface area contributed by atoms with Crippen LogP contribution in [0, 0.1) is 10.1 Å². The van der Waals surface area contributed by atoms with Crippen LogP contribution >= 0.6 is 0 Å². The number of phenols is 1. The van der Waals surface area contributed by atoms with Crippen molar-refractivity contribution in [1.29, 1.82) is 0 Å². The normalized spacial score (nSPS) is 11.2. The molecule has 0 aromatic heterocycles. The molecule has 3 N–H and O–H groups in total. The third kappa shape index (κ3) is 6.51. The predicted octanol–water partition coefficient (Wildman–Crippen LogP) is 3.29. The zero-order valence-electron chi connectivity index (χ0n) is 19.0. The van der Waals surface area contributed by atoms with E-state index in [-0.39, 0.29) is 11.3 Å². The highest BCUT2D eigenvalue weighted by Crippen LogP contribution is 2.27. The molecule has 3 rings (SSSR count). The summed E-state index contributed by atoms with van der Waals surface area (Å²) in [6, 6.07) is 19.6. The SMILES string of the molecule is CN(C)c1ccc(/C=C(\NC(=O)c2ccccc2)C(=O)N/N=C\c2cccc([N+](=O)[O-])c2O)cc1. The van der Waals surface area contributed by atoms with Crippen LogP contribution in [0.2, 0.25) is 0 Å². The van der Waals surface area contributed by atoms with E-state index in [4.69, 9.17) is 0 Å². The molecule has 0 aliphatic carbocycles. The average molecular weight is 473 g/mol. The molecule has 0 fully saturated rings. The molecule has 10 heteroatoms. The topological polar surface area (TPSA) is 137 Å².